The minimum absolute atomic E-state index is 0.132. The Morgan fingerprint density at radius 2 is 2.00 bits per heavy atom. The lowest BCUT2D eigenvalue weighted by atomic mass is 10.1. The summed E-state index contributed by atoms with van der Waals surface area (Å²) in [6.45, 7) is 6.41. The van der Waals surface area contributed by atoms with E-state index < -0.39 is 5.82 Å². The van der Waals surface area contributed by atoms with E-state index in [1.165, 1.54) is 12.1 Å². The third kappa shape index (κ3) is 3.59. The number of carbonyl (C=O) groups is 1. The van der Waals surface area contributed by atoms with E-state index in [9.17, 15) is 14.3 Å². The third-order valence-electron chi connectivity index (χ3n) is 4.28. The summed E-state index contributed by atoms with van der Waals surface area (Å²) >= 11 is 6.01. The van der Waals surface area contributed by atoms with Crippen molar-refractivity contribution >= 4 is 17.5 Å². The molecule has 1 aliphatic rings. The van der Waals surface area contributed by atoms with Crippen molar-refractivity contribution in [2.45, 2.75) is 26.3 Å². The average molecular weight is 329 g/mol. The predicted molar refractivity (Wildman–Crippen MR) is 84.8 cm³/mol. The molecule has 122 valence electrons. The zero-order valence-corrected chi connectivity index (χ0v) is 13.7. The molecule has 1 heterocycles. The van der Waals surface area contributed by atoms with Crippen LogP contribution in [0.25, 0.3) is 0 Å². The second-order valence-electron chi connectivity index (χ2n) is 5.65. The summed E-state index contributed by atoms with van der Waals surface area (Å²) < 4.78 is 13.4. The van der Waals surface area contributed by atoms with Crippen LogP contribution in [0.1, 0.15) is 29.3 Å². The molecule has 4 nitrogen and oxygen atoms in total. The molecule has 1 unspecified atom stereocenters. The second-order valence-corrected chi connectivity index (χ2v) is 6.06. The number of amides is 1. The highest BCUT2D eigenvalue weighted by Gasteiger charge is 2.26. The van der Waals surface area contributed by atoms with Crippen molar-refractivity contribution in [2.75, 3.05) is 32.8 Å². The normalized spacial score (nSPS) is 17.6. The highest BCUT2D eigenvalue weighted by atomic mass is 35.5. The number of aryl methyl sites for hydroxylation is 1. The molecule has 0 aromatic heterocycles. The number of aliphatic hydroxyl groups is 1. The Kier molecular flexibility index (Phi) is 5.78. The van der Waals surface area contributed by atoms with Gasteiger partial charge < -0.3 is 10.0 Å². The summed E-state index contributed by atoms with van der Waals surface area (Å²) in [5, 5.41) is 9.50. The van der Waals surface area contributed by atoms with Gasteiger partial charge in [0.2, 0.25) is 0 Å². The van der Waals surface area contributed by atoms with Gasteiger partial charge in [0.25, 0.3) is 5.91 Å². The number of benzene rings is 1. The van der Waals surface area contributed by atoms with Gasteiger partial charge in [0.05, 0.1) is 17.2 Å². The molecule has 0 aliphatic carbocycles. The molecule has 1 amide bonds. The van der Waals surface area contributed by atoms with Crippen LogP contribution in [0.4, 0.5) is 4.39 Å². The minimum Gasteiger partial charge on any atom is -0.395 e. The van der Waals surface area contributed by atoms with Gasteiger partial charge in [-0.3, -0.25) is 9.69 Å². The van der Waals surface area contributed by atoms with Gasteiger partial charge >= 0.3 is 0 Å². The van der Waals surface area contributed by atoms with Crippen LogP contribution in [-0.2, 0) is 0 Å². The fourth-order valence-electron chi connectivity index (χ4n) is 2.78. The summed E-state index contributed by atoms with van der Waals surface area (Å²) in [5.41, 5.74) is 0.765. The zero-order valence-electron chi connectivity index (χ0n) is 13.0. The quantitative estimate of drug-likeness (QED) is 0.922. The van der Waals surface area contributed by atoms with Crippen LogP contribution in [0, 0.1) is 12.7 Å². The third-order valence-corrected chi connectivity index (χ3v) is 4.59. The van der Waals surface area contributed by atoms with E-state index in [2.05, 4.69) is 4.90 Å². The smallest absolute Gasteiger partial charge is 0.255 e. The van der Waals surface area contributed by atoms with Gasteiger partial charge in [0, 0.05) is 32.2 Å². The Balaban J connectivity index is 2.05. The van der Waals surface area contributed by atoms with Crippen LogP contribution in [-0.4, -0.2) is 59.6 Å². The maximum atomic E-state index is 13.4. The molecule has 1 saturated heterocycles. The van der Waals surface area contributed by atoms with E-state index in [1.54, 1.807) is 11.8 Å². The van der Waals surface area contributed by atoms with Crippen molar-refractivity contribution in [1.29, 1.82) is 0 Å². The first kappa shape index (κ1) is 17.2. The number of halogens is 2. The molecule has 1 aromatic carbocycles. The molecule has 0 bridgehead atoms. The molecule has 2 rings (SSSR count). The largest absolute Gasteiger partial charge is 0.395 e. The highest BCUT2D eigenvalue weighted by molar-refractivity contribution is 6.33. The van der Waals surface area contributed by atoms with E-state index in [0.29, 0.717) is 24.2 Å². The summed E-state index contributed by atoms with van der Waals surface area (Å²) in [6.07, 6.45) is 0.882. The number of piperazine rings is 1. The van der Waals surface area contributed by atoms with Crippen molar-refractivity contribution in [3.05, 3.63) is 34.1 Å². The number of hydrogen-bond donors (Lipinski definition) is 1. The van der Waals surface area contributed by atoms with Gasteiger partial charge in [-0.15, -0.1) is 0 Å². The summed E-state index contributed by atoms with van der Waals surface area (Å²) in [6, 6.07) is 2.85. The van der Waals surface area contributed by atoms with Gasteiger partial charge in [0.1, 0.15) is 5.82 Å². The van der Waals surface area contributed by atoms with E-state index in [0.717, 1.165) is 19.5 Å². The molecule has 6 heteroatoms. The molecule has 22 heavy (non-hydrogen) atoms. The van der Waals surface area contributed by atoms with Crippen LogP contribution in [0.2, 0.25) is 5.02 Å². The number of hydrogen-bond acceptors (Lipinski definition) is 3. The zero-order chi connectivity index (χ0) is 16.3. The number of carbonyl (C=O) groups excluding carboxylic acids is 1. The highest BCUT2D eigenvalue weighted by Crippen LogP contribution is 2.22. The van der Waals surface area contributed by atoms with E-state index in [-0.39, 0.29) is 23.6 Å². The molecule has 1 aromatic rings. The van der Waals surface area contributed by atoms with E-state index in [1.807, 2.05) is 6.92 Å². The summed E-state index contributed by atoms with van der Waals surface area (Å²) in [4.78, 5) is 16.5. The van der Waals surface area contributed by atoms with Gasteiger partial charge in [-0.2, -0.15) is 0 Å². The first-order valence-corrected chi connectivity index (χ1v) is 7.95. The summed E-state index contributed by atoms with van der Waals surface area (Å²) in [7, 11) is 0. The van der Waals surface area contributed by atoms with Crippen LogP contribution in [0.3, 0.4) is 0 Å². The first-order chi connectivity index (χ1) is 10.5. The SMILES string of the molecule is CCC(CO)N1CCN(C(=O)c2cc(C)c(F)cc2Cl)CC1. The lowest BCUT2D eigenvalue weighted by molar-refractivity contribution is 0.0472. The second kappa shape index (κ2) is 7.40. The summed E-state index contributed by atoms with van der Waals surface area (Å²) in [5.74, 6) is -0.565. The van der Waals surface area contributed by atoms with Crippen molar-refractivity contribution < 1.29 is 14.3 Å². The monoisotopic (exact) mass is 328 g/mol. The molecule has 1 atom stereocenters. The van der Waals surface area contributed by atoms with Crippen molar-refractivity contribution in [2.24, 2.45) is 0 Å². The molecule has 1 N–H and O–H groups in total. The van der Waals surface area contributed by atoms with E-state index in [4.69, 9.17) is 11.6 Å². The predicted octanol–water partition coefficient (Wildman–Crippen LogP) is 2.32. The number of rotatable bonds is 4. The van der Waals surface area contributed by atoms with Crippen molar-refractivity contribution in [3.8, 4) is 0 Å². The molecular weight excluding hydrogens is 307 g/mol. The van der Waals surface area contributed by atoms with Crippen molar-refractivity contribution in [3.63, 3.8) is 0 Å². The van der Waals surface area contributed by atoms with Crippen molar-refractivity contribution in [1.82, 2.24) is 9.80 Å². The lowest BCUT2D eigenvalue weighted by Crippen LogP contribution is -2.52. The van der Waals surface area contributed by atoms with Gasteiger partial charge in [0.15, 0.2) is 0 Å². The lowest BCUT2D eigenvalue weighted by Gasteiger charge is -2.38. The Morgan fingerprint density at radius 1 is 1.36 bits per heavy atom. The van der Waals surface area contributed by atoms with E-state index >= 15 is 0 Å². The van der Waals surface area contributed by atoms with Gasteiger partial charge in [-0.25, -0.2) is 4.39 Å². The van der Waals surface area contributed by atoms with Crippen LogP contribution in [0.15, 0.2) is 12.1 Å². The van der Waals surface area contributed by atoms with Gasteiger partial charge in [-0.1, -0.05) is 18.5 Å². The fraction of sp³-hybridized carbons (Fsp3) is 0.562. The fourth-order valence-corrected chi connectivity index (χ4v) is 3.02. The molecule has 0 radical (unpaired) electrons. The topological polar surface area (TPSA) is 43.8 Å². The van der Waals surface area contributed by atoms with Crippen LogP contribution in [0.5, 0.6) is 0 Å². The van der Waals surface area contributed by atoms with Crippen LogP contribution >= 0.6 is 11.6 Å². The Hall–Kier alpha value is -1.17. The Bertz CT molecular complexity index is 541. The van der Waals surface area contributed by atoms with Crippen LogP contribution < -0.4 is 0 Å². The van der Waals surface area contributed by atoms with Gasteiger partial charge in [-0.05, 0) is 31.0 Å². The maximum Gasteiger partial charge on any atom is 0.255 e. The molecule has 1 fully saturated rings. The minimum atomic E-state index is -0.403. The Morgan fingerprint density at radius 3 is 2.55 bits per heavy atom. The average Bonchev–Trinajstić information content (AvgIpc) is 2.52. The number of nitrogens with zero attached hydrogens (tertiary/aromatic N) is 2. The molecule has 0 saturated carbocycles. The number of aliphatic hydroxyl groups excluding tert-OH is 1. The Labute approximate surface area is 135 Å². The standard InChI is InChI=1S/C16H22ClFN2O2/c1-3-12(10-21)19-4-6-20(7-5-19)16(22)13-8-11(2)15(18)9-14(13)17/h8-9,12,21H,3-7,10H2,1-2H3. The first-order valence-electron chi connectivity index (χ1n) is 7.57. The molecular formula is C16H22ClFN2O2. The molecule has 0 spiro atoms. The maximum absolute atomic E-state index is 13.4. The molecule has 1 aliphatic heterocycles.